The van der Waals surface area contributed by atoms with Crippen molar-refractivity contribution in [1.29, 1.82) is 0 Å². The van der Waals surface area contributed by atoms with Gasteiger partial charge in [0.05, 0.1) is 20.3 Å². The molecule has 2 rings (SSSR count). The molecular weight excluding hydrogens is 326 g/mol. The van der Waals surface area contributed by atoms with Crippen LogP contribution in [0.4, 0.5) is 0 Å². The van der Waals surface area contributed by atoms with Gasteiger partial charge in [-0.25, -0.2) is 4.79 Å². The van der Waals surface area contributed by atoms with Gasteiger partial charge in [0.25, 0.3) is 5.91 Å². The van der Waals surface area contributed by atoms with E-state index < -0.39 is 5.97 Å². The first-order chi connectivity index (χ1) is 11.9. The summed E-state index contributed by atoms with van der Waals surface area (Å²) < 4.78 is 16.0. The van der Waals surface area contributed by atoms with Crippen LogP contribution in [0.5, 0.6) is 11.5 Å². The van der Waals surface area contributed by atoms with Crippen molar-refractivity contribution in [3.63, 3.8) is 0 Å². The average molecular weight is 347 g/mol. The van der Waals surface area contributed by atoms with E-state index in [4.69, 9.17) is 19.0 Å². The van der Waals surface area contributed by atoms with Crippen LogP contribution in [-0.4, -0.2) is 30.7 Å². The topological polar surface area (TPSA) is 98.0 Å². The van der Waals surface area contributed by atoms with Gasteiger partial charge in [0.1, 0.15) is 5.76 Å². The number of amides is 1. The Kier molecular flexibility index (Phi) is 6.05. The van der Waals surface area contributed by atoms with Gasteiger partial charge in [-0.05, 0) is 36.2 Å². The molecule has 0 spiro atoms. The maximum absolute atomic E-state index is 12.2. The standard InChI is InChI=1S/C18H21NO6/c1-11(2)10-24-14-6-4-12(8-16(14)23-3)17(20)19-9-13-5-7-15(25-13)18(21)22/h4-8,11H,9-10H2,1-3H3,(H,19,20)(H,21,22). The monoisotopic (exact) mass is 347 g/mol. The van der Waals surface area contributed by atoms with E-state index in [2.05, 4.69) is 5.32 Å². The molecule has 7 heteroatoms. The lowest BCUT2D eigenvalue weighted by molar-refractivity contribution is 0.0660. The van der Waals surface area contributed by atoms with Crippen molar-refractivity contribution < 1.29 is 28.6 Å². The lowest BCUT2D eigenvalue weighted by atomic mass is 10.2. The number of hydrogen-bond acceptors (Lipinski definition) is 5. The van der Waals surface area contributed by atoms with Crippen LogP contribution in [0.2, 0.25) is 0 Å². The first kappa shape index (κ1) is 18.4. The predicted molar refractivity (Wildman–Crippen MR) is 90.2 cm³/mol. The van der Waals surface area contributed by atoms with Crippen molar-refractivity contribution in [2.75, 3.05) is 13.7 Å². The molecule has 2 aromatic rings. The fourth-order valence-corrected chi connectivity index (χ4v) is 2.04. The van der Waals surface area contributed by atoms with Crippen LogP contribution >= 0.6 is 0 Å². The van der Waals surface area contributed by atoms with Crippen LogP contribution in [0.25, 0.3) is 0 Å². The Bertz CT molecular complexity index is 750. The minimum atomic E-state index is -1.15. The number of rotatable bonds is 8. The summed E-state index contributed by atoms with van der Waals surface area (Å²) in [6.07, 6.45) is 0. The molecule has 0 radical (unpaired) electrons. The van der Waals surface area contributed by atoms with E-state index in [0.717, 1.165) is 0 Å². The van der Waals surface area contributed by atoms with Gasteiger partial charge in [-0.3, -0.25) is 4.79 Å². The smallest absolute Gasteiger partial charge is 0.371 e. The summed E-state index contributed by atoms with van der Waals surface area (Å²) in [5.41, 5.74) is 0.402. The molecule has 1 aromatic heterocycles. The average Bonchev–Trinajstić information content (AvgIpc) is 3.07. The third kappa shape index (κ3) is 5.00. The van der Waals surface area contributed by atoms with Gasteiger partial charge in [0, 0.05) is 5.56 Å². The van der Waals surface area contributed by atoms with Crippen LogP contribution in [0.1, 0.15) is 40.5 Å². The molecular formula is C18H21NO6. The van der Waals surface area contributed by atoms with E-state index >= 15 is 0 Å². The summed E-state index contributed by atoms with van der Waals surface area (Å²) in [5.74, 6) is 0.120. The molecule has 0 aliphatic rings. The Hall–Kier alpha value is -2.96. The minimum absolute atomic E-state index is 0.0834. The van der Waals surface area contributed by atoms with Crippen LogP contribution in [0.15, 0.2) is 34.7 Å². The molecule has 0 aliphatic carbocycles. The van der Waals surface area contributed by atoms with E-state index in [1.807, 2.05) is 13.8 Å². The van der Waals surface area contributed by atoms with Crippen molar-refractivity contribution in [2.24, 2.45) is 5.92 Å². The Morgan fingerprint density at radius 1 is 1.20 bits per heavy atom. The van der Waals surface area contributed by atoms with Crippen molar-refractivity contribution in [3.8, 4) is 11.5 Å². The number of furan rings is 1. The number of nitrogens with one attached hydrogen (secondary N) is 1. The third-order valence-electron chi connectivity index (χ3n) is 3.29. The number of methoxy groups -OCH3 is 1. The fraction of sp³-hybridized carbons (Fsp3) is 0.333. The van der Waals surface area contributed by atoms with Gasteiger partial charge in [-0.15, -0.1) is 0 Å². The highest BCUT2D eigenvalue weighted by molar-refractivity contribution is 5.94. The number of benzene rings is 1. The molecule has 1 heterocycles. The molecule has 0 saturated carbocycles. The Morgan fingerprint density at radius 2 is 1.96 bits per heavy atom. The molecule has 134 valence electrons. The lowest BCUT2D eigenvalue weighted by Crippen LogP contribution is -2.22. The van der Waals surface area contributed by atoms with Gasteiger partial charge in [-0.2, -0.15) is 0 Å². The largest absolute Gasteiger partial charge is 0.493 e. The minimum Gasteiger partial charge on any atom is -0.493 e. The summed E-state index contributed by atoms with van der Waals surface area (Å²) in [6.45, 7) is 4.71. The summed E-state index contributed by atoms with van der Waals surface area (Å²) >= 11 is 0. The summed E-state index contributed by atoms with van der Waals surface area (Å²) in [5, 5.41) is 11.5. The molecule has 0 atom stereocenters. The SMILES string of the molecule is COc1cc(C(=O)NCc2ccc(C(=O)O)o2)ccc1OCC(C)C. The van der Waals surface area contributed by atoms with Crippen LogP contribution < -0.4 is 14.8 Å². The Morgan fingerprint density at radius 3 is 2.56 bits per heavy atom. The molecule has 0 fully saturated rings. The van der Waals surface area contributed by atoms with Gasteiger partial charge >= 0.3 is 5.97 Å². The van der Waals surface area contributed by atoms with Crippen molar-refractivity contribution >= 4 is 11.9 Å². The van der Waals surface area contributed by atoms with Gasteiger partial charge < -0.3 is 24.3 Å². The van der Waals surface area contributed by atoms with E-state index in [1.54, 1.807) is 18.2 Å². The van der Waals surface area contributed by atoms with Crippen molar-refractivity contribution in [1.82, 2.24) is 5.32 Å². The van der Waals surface area contributed by atoms with Gasteiger partial charge in [0.2, 0.25) is 5.76 Å². The molecule has 2 N–H and O–H groups in total. The normalized spacial score (nSPS) is 10.6. The number of carboxylic acid groups (broad SMARTS) is 1. The number of carbonyl (C=O) groups excluding carboxylic acids is 1. The lowest BCUT2D eigenvalue weighted by Gasteiger charge is -2.13. The van der Waals surface area contributed by atoms with Crippen LogP contribution in [-0.2, 0) is 6.54 Å². The molecule has 7 nitrogen and oxygen atoms in total. The van der Waals surface area contributed by atoms with Crippen LogP contribution in [0, 0.1) is 5.92 Å². The number of carboxylic acids is 1. The first-order valence-electron chi connectivity index (χ1n) is 7.81. The highest BCUT2D eigenvalue weighted by atomic mass is 16.5. The highest BCUT2D eigenvalue weighted by Crippen LogP contribution is 2.28. The number of carbonyl (C=O) groups is 2. The summed E-state index contributed by atoms with van der Waals surface area (Å²) in [7, 11) is 1.51. The van der Waals surface area contributed by atoms with E-state index in [0.29, 0.717) is 35.3 Å². The second kappa shape index (κ2) is 8.23. The van der Waals surface area contributed by atoms with E-state index in [9.17, 15) is 9.59 Å². The van der Waals surface area contributed by atoms with Crippen molar-refractivity contribution in [2.45, 2.75) is 20.4 Å². The maximum Gasteiger partial charge on any atom is 0.371 e. The van der Waals surface area contributed by atoms with Gasteiger partial charge in [-0.1, -0.05) is 13.8 Å². The Labute approximate surface area is 145 Å². The molecule has 25 heavy (non-hydrogen) atoms. The maximum atomic E-state index is 12.2. The first-order valence-corrected chi connectivity index (χ1v) is 7.81. The molecule has 1 amide bonds. The number of ether oxygens (including phenoxy) is 2. The van der Waals surface area contributed by atoms with E-state index in [-0.39, 0.29) is 18.2 Å². The molecule has 0 unspecified atom stereocenters. The fourth-order valence-electron chi connectivity index (χ4n) is 2.04. The molecule has 0 bridgehead atoms. The zero-order valence-corrected chi connectivity index (χ0v) is 14.4. The van der Waals surface area contributed by atoms with Gasteiger partial charge in [0.15, 0.2) is 11.5 Å². The number of aromatic carboxylic acids is 1. The second-order valence-electron chi connectivity index (χ2n) is 5.82. The zero-order valence-electron chi connectivity index (χ0n) is 14.4. The molecule has 0 saturated heterocycles. The molecule has 1 aromatic carbocycles. The third-order valence-corrected chi connectivity index (χ3v) is 3.29. The summed E-state index contributed by atoms with van der Waals surface area (Å²) in [4.78, 5) is 23.0. The summed E-state index contributed by atoms with van der Waals surface area (Å²) in [6, 6.07) is 7.76. The second-order valence-corrected chi connectivity index (χ2v) is 5.82. The number of hydrogen-bond donors (Lipinski definition) is 2. The quantitative estimate of drug-likeness (QED) is 0.762. The van der Waals surface area contributed by atoms with Crippen LogP contribution in [0.3, 0.4) is 0 Å². The van der Waals surface area contributed by atoms with E-state index in [1.165, 1.54) is 19.2 Å². The Balaban J connectivity index is 2.01. The molecule has 0 aliphatic heterocycles. The van der Waals surface area contributed by atoms with Crippen molar-refractivity contribution in [3.05, 3.63) is 47.4 Å². The zero-order chi connectivity index (χ0) is 18.4. The highest BCUT2D eigenvalue weighted by Gasteiger charge is 2.13. The predicted octanol–water partition coefficient (Wildman–Crippen LogP) is 2.95.